The number of carbonyl (C=O) groups is 1. The maximum atomic E-state index is 12.3. The minimum atomic E-state index is 0.0346. The highest BCUT2D eigenvalue weighted by Crippen LogP contribution is 2.15. The molecule has 0 spiro atoms. The summed E-state index contributed by atoms with van der Waals surface area (Å²) in [5.74, 6) is 0.0346. The maximum Gasteiger partial charge on any atom is 0.251 e. The van der Waals surface area contributed by atoms with E-state index in [4.69, 9.17) is 0 Å². The van der Waals surface area contributed by atoms with E-state index in [0.717, 1.165) is 38.3 Å². The van der Waals surface area contributed by atoms with Gasteiger partial charge in [0.15, 0.2) is 0 Å². The van der Waals surface area contributed by atoms with Crippen LogP contribution in [0.15, 0.2) is 24.3 Å². The van der Waals surface area contributed by atoms with Gasteiger partial charge in [0.05, 0.1) is 0 Å². The molecule has 25 heavy (non-hydrogen) atoms. The molecule has 1 amide bonds. The molecule has 1 aliphatic rings. The van der Waals surface area contributed by atoms with Crippen LogP contribution < -0.4 is 5.32 Å². The van der Waals surface area contributed by atoms with E-state index in [1.54, 1.807) is 0 Å². The average Bonchev–Trinajstić information content (AvgIpc) is 2.61. The zero-order valence-corrected chi connectivity index (χ0v) is 16.4. The highest BCUT2D eigenvalue weighted by Gasteiger charge is 2.17. The number of hydrogen-bond acceptors (Lipinski definition) is 3. The minimum Gasteiger partial charge on any atom is -0.351 e. The van der Waals surface area contributed by atoms with Gasteiger partial charge >= 0.3 is 0 Å². The summed E-state index contributed by atoms with van der Waals surface area (Å²) >= 11 is 0. The number of hydrogen-bond donors (Lipinski definition) is 1. The normalized spacial score (nSPS) is 18.7. The van der Waals surface area contributed by atoms with Crippen molar-refractivity contribution in [1.82, 2.24) is 15.1 Å². The largest absolute Gasteiger partial charge is 0.351 e. The molecule has 1 N–H and O–H groups in total. The monoisotopic (exact) mass is 345 g/mol. The first-order valence-electron chi connectivity index (χ1n) is 9.86. The number of piperidine rings is 1. The van der Waals surface area contributed by atoms with Gasteiger partial charge in [0, 0.05) is 37.3 Å². The smallest absolute Gasteiger partial charge is 0.251 e. The number of carbonyl (C=O) groups excluding carboxylic acids is 1. The van der Waals surface area contributed by atoms with Crippen LogP contribution in [0.2, 0.25) is 0 Å². The van der Waals surface area contributed by atoms with Crippen molar-refractivity contribution in [2.45, 2.75) is 65.6 Å². The van der Waals surface area contributed by atoms with Gasteiger partial charge in [0.2, 0.25) is 0 Å². The van der Waals surface area contributed by atoms with Crippen molar-refractivity contribution in [3.63, 3.8) is 0 Å². The third kappa shape index (κ3) is 6.12. The summed E-state index contributed by atoms with van der Waals surface area (Å²) in [4.78, 5) is 17.2. The van der Waals surface area contributed by atoms with Crippen LogP contribution in [0.25, 0.3) is 0 Å². The van der Waals surface area contributed by atoms with Crippen LogP contribution in [-0.4, -0.2) is 54.0 Å². The Labute approximate surface area is 153 Å². The summed E-state index contributed by atoms with van der Waals surface area (Å²) < 4.78 is 0. The minimum absolute atomic E-state index is 0.0346. The molecule has 2 rings (SSSR count). The lowest BCUT2D eigenvalue weighted by atomic mass is 10.0. The second-order valence-electron chi connectivity index (χ2n) is 7.49. The van der Waals surface area contributed by atoms with E-state index in [-0.39, 0.29) is 5.91 Å². The van der Waals surface area contributed by atoms with Crippen LogP contribution in [0.4, 0.5) is 0 Å². The SMILES string of the molecule is CCN(Cc1ccc(C(=O)NCCN2CCCCC2C)cc1)C(C)C. The Bertz CT molecular complexity index is 526. The molecule has 0 saturated carbocycles. The predicted molar refractivity (Wildman–Crippen MR) is 105 cm³/mol. The van der Waals surface area contributed by atoms with Crippen LogP contribution >= 0.6 is 0 Å². The van der Waals surface area contributed by atoms with Gasteiger partial charge in [-0.25, -0.2) is 0 Å². The Hall–Kier alpha value is -1.39. The van der Waals surface area contributed by atoms with Crippen LogP contribution in [0.1, 0.15) is 62.9 Å². The van der Waals surface area contributed by atoms with Gasteiger partial charge in [-0.05, 0) is 64.4 Å². The lowest BCUT2D eigenvalue weighted by Crippen LogP contribution is -2.42. The van der Waals surface area contributed by atoms with Crippen molar-refractivity contribution in [2.24, 2.45) is 0 Å². The maximum absolute atomic E-state index is 12.3. The van der Waals surface area contributed by atoms with E-state index in [0.29, 0.717) is 12.1 Å². The number of nitrogens with zero attached hydrogens (tertiary/aromatic N) is 2. The van der Waals surface area contributed by atoms with Crippen molar-refractivity contribution in [1.29, 1.82) is 0 Å². The Kier molecular flexibility index (Phi) is 7.91. The Morgan fingerprint density at radius 1 is 1.28 bits per heavy atom. The fraction of sp³-hybridized carbons (Fsp3) is 0.667. The fourth-order valence-electron chi connectivity index (χ4n) is 3.56. The quantitative estimate of drug-likeness (QED) is 0.783. The summed E-state index contributed by atoms with van der Waals surface area (Å²) in [6.07, 6.45) is 3.90. The van der Waals surface area contributed by atoms with Crippen molar-refractivity contribution in [3.05, 3.63) is 35.4 Å². The van der Waals surface area contributed by atoms with E-state index in [1.807, 2.05) is 12.1 Å². The first-order valence-corrected chi connectivity index (χ1v) is 9.86. The third-order valence-corrected chi connectivity index (χ3v) is 5.36. The topological polar surface area (TPSA) is 35.6 Å². The number of nitrogens with one attached hydrogen (secondary N) is 1. The predicted octanol–water partition coefficient (Wildman–Crippen LogP) is 3.52. The molecule has 1 aromatic rings. The summed E-state index contributed by atoms with van der Waals surface area (Å²) in [7, 11) is 0. The van der Waals surface area contributed by atoms with Gasteiger partial charge in [-0.2, -0.15) is 0 Å². The van der Waals surface area contributed by atoms with Gasteiger partial charge < -0.3 is 5.32 Å². The summed E-state index contributed by atoms with van der Waals surface area (Å²) in [5.41, 5.74) is 2.01. The standard InChI is InChI=1S/C21H35N3O/c1-5-23(17(2)3)16-19-9-11-20(12-10-19)21(25)22-13-15-24-14-7-6-8-18(24)4/h9-12,17-18H,5-8,13-16H2,1-4H3,(H,22,25). The average molecular weight is 346 g/mol. The summed E-state index contributed by atoms with van der Waals surface area (Å²) in [5, 5.41) is 3.07. The van der Waals surface area contributed by atoms with Crippen LogP contribution in [0.3, 0.4) is 0 Å². The molecule has 0 aliphatic carbocycles. The zero-order valence-electron chi connectivity index (χ0n) is 16.4. The Balaban J connectivity index is 1.79. The highest BCUT2D eigenvalue weighted by molar-refractivity contribution is 5.94. The first-order chi connectivity index (χ1) is 12.0. The van der Waals surface area contributed by atoms with Crippen LogP contribution in [0, 0.1) is 0 Å². The van der Waals surface area contributed by atoms with Crippen molar-refractivity contribution < 1.29 is 4.79 Å². The second-order valence-corrected chi connectivity index (χ2v) is 7.49. The van der Waals surface area contributed by atoms with E-state index in [2.05, 4.69) is 54.9 Å². The molecule has 0 radical (unpaired) electrons. The van der Waals surface area contributed by atoms with E-state index in [9.17, 15) is 4.79 Å². The van der Waals surface area contributed by atoms with Crippen molar-refractivity contribution in [3.8, 4) is 0 Å². The molecule has 0 aromatic heterocycles. The molecule has 1 unspecified atom stereocenters. The van der Waals surface area contributed by atoms with Crippen LogP contribution in [-0.2, 0) is 6.54 Å². The molecule has 1 saturated heterocycles. The van der Waals surface area contributed by atoms with Crippen molar-refractivity contribution in [2.75, 3.05) is 26.2 Å². The van der Waals surface area contributed by atoms with Gasteiger partial charge in [0.25, 0.3) is 5.91 Å². The van der Waals surface area contributed by atoms with E-state index >= 15 is 0 Å². The number of rotatable bonds is 8. The lowest BCUT2D eigenvalue weighted by molar-refractivity contribution is 0.0938. The molecule has 1 heterocycles. The fourth-order valence-corrected chi connectivity index (χ4v) is 3.56. The Morgan fingerprint density at radius 2 is 2.00 bits per heavy atom. The lowest BCUT2D eigenvalue weighted by Gasteiger charge is -2.33. The van der Waals surface area contributed by atoms with E-state index < -0.39 is 0 Å². The molecule has 1 aromatic carbocycles. The molecule has 1 fully saturated rings. The number of likely N-dealkylation sites (tertiary alicyclic amines) is 1. The second kappa shape index (κ2) is 9.93. The summed E-state index contributed by atoms with van der Waals surface area (Å²) in [6.45, 7) is 13.7. The Morgan fingerprint density at radius 3 is 2.60 bits per heavy atom. The van der Waals surface area contributed by atoms with Gasteiger partial charge in [-0.15, -0.1) is 0 Å². The zero-order chi connectivity index (χ0) is 18.2. The number of benzene rings is 1. The molecule has 4 heteroatoms. The number of amides is 1. The van der Waals surface area contributed by atoms with Gasteiger partial charge in [-0.1, -0.05) is 25.5 Å². The molecular weight excluding hydrogens is 310 g/mol. The summed E-state index contributed by atoms with van der Waals surface area (Å²) in [6, 6.07) is 9.22. The molecule has 1 aliphatic heterocycles. The van der Waals surface area contributed by atoms with Crippen LogP contribution in [0.5, 0.6) is 0 Å². The molecule has 0 bridgehead atoms. The molecule has 140 valence electrons. The van der Waals surface area contributed by atoms with Crippen molar-refractivity contribution >= 4 is 5.91 Å². The molecule has 4 nitrogen and oxygen atoms in total. The van der Waals surface area contributed by atoms with Gasteiger partial charge in [0.1, 0.15) is 0 Å². The molecule has 1 atom stereocenters. The van der Waals surface area contributed by atoms with Gasteiger partial charge in [-0.3, -0.25) is 14.6 Å². The van der Waals surface area contributed by atoms with E-state index in [1.165, 1.54) is 24.8 Å². The first kappa shape index (κ1) is 19.9. The molecular formula is C21H35N3O. The third-order valence-electron chi connectivity index (χ3n) is 5.36. The highest BCUT2D eigenvalue weighted by atomic mass is 16.1.